The summed E-state index contributed by atoms with van der Waals surface area (Å²) >= 11 is 4.22. The first-order chi connectivity index (χ1) is 10.0. The van der Waals surface area contributed by atoms with E-state index in [0.717, 1.165) is 11.8 Å². The second kappa shape index (κ2) is 6.70. The third kappa shape index (κ3) is 3.60. The Bertz CT molecular complexity index is 678. The number of hydrogen-bond acceptors (Lipinski definition) is 5. The molecule has 1 heterocycles. The molecular weight excluding hydrogens is 358 g/mol. The number of carbonyl (C=O) groups excluding carboxylic acids is 2. The Morgan fingerprint density at radius 2 is 2.24 bits per heavy atom. The molecule has 1 aliphatic rings. The molecule has 0 radical (unpaired) electrons. The quantitative estimate of drug-likeness (QED) is 0.654. The van der Waals surface area contributed by atoms with Gasteiger partial charge in [-0.1, -0.05) is 5.92 Å². The van der Waals surface area contributed by atoms with Crippen LogP contribution < -0.4 is 14.8 Å². The number of terminal acetylenes is 1. The highest BCUT2D eigenvalue weighted by molar-refractivity contribution is 9.10. The summed E-state index contributed by atoms with van der Waals surface area (Å²) in [5.74, 6) is 2.92. The van der Waals surface area contributed by atoms with Crippen molar-refractivity contribution in [1.82, 2.24) is 5.32 Å². The first-order valence-electron chi connectivity index (χ1n) is 5.73. The molecule has 1 saturated heterocycles. The van der Waals surface area contributed by atoms with Crippen LogP contribution in [0.2, 0.25) is 0 Å². The fourth-order valence-electron chi connectivity index (χ4n) is 1.65. The van der Waals surface area contributed by atoms with Crippen molar-refractivity contribution in [2.45, 2.75) is 0 Å². The van der Waals surface area contributed by atoms with Gasteiger partial charge in [0.05, 0.1) is 16.5 Å². The number of benzene rings is 1. The van der Waals surface area contributed by atoms with Crippen molar-refractivity contribution in [3.63, 3.8) is 0 Å². The first kappa shape index (κ1) is 15.5. The van der Waals surface area contributed by atoms with E-state index in [-0.39, 0.29) is 11.8 Å². The summed E-state index contributed by atoms with van der Waals surface area (Å²) in [7, 11) is 1.50. The van der Waals surface area contributed by atoms with Crippen LogP contribution in [0.5, 0.6) is 11.5 Å². The smallest absolute Gasteiger partial charge is 0.290 e. The van der Waals surface area contributed by atoms with Gasteiger partial charge in [-0.05, 0) is 51.5 Å². The van der Waals surface area contributed by atoms with Crippen LogP contribution in [0.15, 0.2) is 21.5 Å². The zero-order valence-electron chi connectivity index (χ0n) is 10.9. The van der Waals surface area contributed by atoms with Gasteiger partial charge in [0.2, 0.25) is 0 Å². The number of imide groups is 1. The predicted octanol–water partition coefficient (Wildman–Crippen LogP) is 2.79. The van der Waals surface area contributed by atoms with Gasteiger partial charge in [0.15, 0.2) is 11.5 Å². The summed E-state index contributed by atoms with van der Waals surface area (Å²) in [6.07, 6.45) is 6.77. The van der Waals surface area contributed by atoms with Crippen molar-refractivity contribution in [2.24, 2.45) is 0 Å². The maximum absolute atomic E-state index is 11.5. The number of halogens is 1. The predicted molar refractivity (Wildman–Crippen MR) is 84.1 cm³/mol. The highest BCUT2D eigenvalue weighted by Crippen LogP contribution is 2.38. The molecule has 0 saturated carbocycles. The van der Waals surface area contributed by atoms with E-state index in [0.29, 0.717) is 26.4 Å². The molecule has 1 aromatic rings. The molecule has 1 aromatic carbocycles. The van der Waals surface area contributed by atoms with Gasteiger partial charge in [0.25, 0.3) is 11.1 Å². The first-order valence-corrected chi connectivity index (χ1v) is 7.34. The molecule has 0 spiro atoms. The summed E-state index contributed by atoms with van der Waals surface area (Å²) in [6.45, 7) is 0.113. The Morgan fingerprint density at radius 1 is 1.48 bits per heavy atom. The summed E-state index contributed by atoms with van der Waals surface area (Å²) in [5.41, 5.74) is 0.694. The second-order valence-electron chi connectivity index (χ2n) is 3.88. The molecule has 0 unspecified atom stereocenters. The van der Waals surface area contributed by atoms with E-state index in [1.165, 1.54) is 7.11 Å². The number of thioether (sulfide) groups is 1. The van der Waals surface area contributed by atoms with Gasteiger partial charge in [-0.2, -0.15) is 0 Å². The molecule has 0 atom stereocenters. The number of carbonyl (C=O) groups is 2. The van der Waals surface area contributed by atoms with Crippen molar-refractivity contribution < 1.29 is 19.1 Å². The van der Waals surface area contributed by atoms with E-state index in [1.807, 2.05) is 0 Å². The molecule has 1 N–H and O–H groups in total. The SMILES string of the molecule is C#CCOc1c(Br)cc(/C=C2/SC(=O)NC2=O)cc1OC. The average Bonchev–Trinajstić information content (AvgIpc) is 2.75. The van der Waals surface area contributed by atoms with Crippen molar-refractivity contribution in [3.05, 3.63) is 27.1 Å². The lowest BCUT2D eigenvalue weighted by Crippen LogP contribution is -2.17. The Kier molecular flexibility index (Phi) is 4.94. The van der Waals surface area contributed by atoms with E-state index >= 15 is 0 Å². The molecule has 0 aliphatic carbocycles. The highest BCUT2D eigenvalue weighted by atomic mass is 79.9. The number of methoxy groups -OCH3 is 1. The third-order valence-electron chi connectivity index (χ3n) is 2.49. The van der Waals surface area contributed by atoms with Crippen LogP contribution in [-0.2, 0) is 4.79 Å². The second-order valence-corrected chi connectivity index (χ2v) is 5.75. The molecule has 7 heteroatoms. The van der Waals surface area contributed by atoms with E-state index in [1.54, 1.807) is 18.2 Å². The van der Waals surface area contributed by atoms with Crippen LogP contribution in [0.3, 0.4) is 0 Å². The summed E-state index contributed by atoms with van der Waals surface area (Å²) in [5, 5.41) is 1.81. The lowest BCUT2D eigenvalue weighted by Gasteiger charge is -2.12. The van der Waals surface area contributed by atoms with Crippen LogP contribution in [0.1, 0.15) is 5.56 Å². The van der Waals surface area contributed by atoms with Crippen molar-refractivity contribution in [3.8, 4) is 23.8 Å². The number of nitrogens with one attached hydrogen (secondary N) is 1. The van der Waals surface area contributed by atoms with Gasteiger partial charge in [-0.3, -0.25) is 14.9 Å². The Labute approximate surface area is 134 Å². The Hall–Kier alpha value is -1.91. The van der Waals surface area contributed by atoms with Crippen molar-refractivity contribution in [2.75, 3.05) is 13.7 Å². The van der Waals surface area contributed by atoms with E-state index in [2.05, 4.69) is 27.2 Å². The highest BCUT2D eigenvalue weighted by Gasteiger charge is 2.25. The van der Waals surface area contributed by atoms with E-state index in [9.17, 15) is 9.59 Å². The minimum absolute atomic E-state index is 0.113. The molecule has 1 aliphatic heterocycles. The zero-order valence-corrected chi connectivity index (χ0v) is 13.3. The van der Waals surface area contributed by atoms with Gasteiger partial charge in [-0.25, -0.2) is 0 Å². The fraction of sp³-hybridized carbons (Fsp3) is 0.143. The Morgan fingerprint density at radius 3 is 2.81 bits per heavy atom. The van der Waals surface area contributed by atoms with Crippen LogP contribution >= 0.6 is 27.7 Å². The lowest BCUT2D eigenvalue weighted by molar-refractivity contribution is -0.115. The van der Waals surface area contributed by atoms with Gasteiger partial charge in [0.1, 0.15) is 6.61 Å². The minimum atomic E-state index is -0.409. The minimum Gasteiger partial charge on any atom is -0.493 e. The van der Waals surface area contributed by atoms with E-state index in [4.69, 9.17) is 15.9 Å². The number of hydrogen-bond donors (Lipinski definition) is 1. The zero-order chi connectivity index (χ0) is 15.4. The van der Waals surface area contributed by atoms with Gasteiger partial charge >= 0.3 is 0 Å². The summed E-state index contributed by atoms with van der Waals surface area (Å²) in [6, 6.07) is 3.44. The molecule has 2 rings (SSSR count). The third-order valence-corrected chi connectivity index (χ3v) is 3.89. The largest absolute Gasteiger partial charge is 0.493 e. The number of amides is 2. The monoisotopic (exact) mass is 367 g/mol. The molecule has 108 valence electrons. The van der Waals surface area contributed by atoms with Gasteiger partial charge in [-0.15, -0.1) is 6.42 Å². The van der Waals surface area contributed by atoms with E-state index < -0.39 is 5.91 Å². The topological polar surface area (TPSA) is 64.6 Å². The molecule has 5 nitrogen and oxygen atoms in total. The standard InChI is InChI=1S/C14H10BrNO4S/c1-3-4-20-12-9(15)5-8(6-10(12)19-2)7-11-13(17)16-14(18)21-11/h1,5-7H,4H2,2H3,(H,16,17,18)/b11-7+. The normalized spacial score (nSPS) is 15.8. The maximum atomic E-state index is 11.5. The van der Waals surface area contributed by atoms with Crippen LogP contribution in [0.25, 0.3) is 6.08 Å². The summed E-state index contributed by atoms with van der Waals surface area (Å²) < 4.78 is 11.3. The van der Waals surface area contributed by atoms with Crippen LogP contribution in [0.4, 0.5) is 4.79 Å². The van der Waals surface area contributed by atoms with Gasteiger partial charge in [0, 0.05) is 0 Å². The lowest BCUT2D eigenvalue weighted by atomic mass is 10.2. The van der Waals surface area contributed by atoms with Crippen molar-refractivity contribution >= 4 is 44.9 Å². The van der Waals surface area contributed by atoms with Crippen LogP contribution in [0, 0.1) is 12.3 Å². The van der Waals surface area contributed by atoms with Gasteiger partial charge < -0.3 is 9.47 Å². The number of ether oxygens (including phenoxy) is 2. The molecule has 1 fully saturated rings. The average molecular weight is 368 g/mol. The molecule has 0 aromatic heterocycles. The van der Waals surface area contributed by atoms with Crippen molar-refractivity contribution in [1.29, 1.82) is 0 Å². The fourth-order valence-corrected chi connectivity index (χ4v) is 2.91. The summed E-state index contributed by atoms with van der Waals surface area (Å²) in [4.78, 5) is 23.0. The Balaban J connectivity index is 2.37. The molecule has 2 amide bonds. The number of rotatable bonds is 4. The maximum Gasteiger partial charge on any atom is 0.290 e. The molecular formula is C14H10BrNO4S. The molecule has 21 heavy (non-hydrogen) atoms. The van der Waals surface area contributed by atoms with Crippen LogP contribution in [-0.4, -0.2) is 24.9 Å². The molecule has 0 bridgehead atoms.